The Morgan fingerprint density at radius 2 is 2.43 bits per heavy atom. The number of ether oxygens (including phenoxy) is 1. The van der Waals surface area contributed by atoms with Crippen molar-refractivity contribution in [2.75, 3.05) is 7.11 Å². The molecule has 0 amide bonds. The van der Waals surface area contributed by atoms with Crippen LogP contribution < -0.4 is 5.43 Å². The summed E-state index contributed by atoms with van der Waals surface area (Å²) >= 11 is 3.34. The van der Waals surface area contributed by atoms with Crippen LogP contribution in [0.15, 0.2) is 27.3 Å². The molecule has 1 N–H and O–H groups in total. The van der Waals surface area contributed by atoms with Crippen molar-refractivity contribution in [3.63, 3.8) is 0 Å². The molecule has 0 aromatic heterocycles. The molecule has 1 heterocycles. The molecule has 0 saturated heterocycles. The molecule has 0 aromatic carbocycles. The minimum Gasteiger partial charge on any atom is -0.465 e. The molecule has 0 bridgehead atoms. The van der Waals surface area contributed by atoms with E-state index < -0.39 is 0 Å². The first-order valence-electron chi connectivity index (χ1n) is 4.19. The molecule has 0 radical (unpaired) electrons. The normalized spacial score (nSPS) is 28.7. The first-order chi connectivity index (χ1) is 6.72. The largest absolute Gasteiger partial charge is 0.465 e. The van der Waals surface area contributed by atoms with E-state index in [2.05, 4.69) is 31.2 Å². The molecule has 0 saturated carbocycles. The molecule has 5 heteroatoms. The van der Waals surface area contributed by atoms with Crippen LogP contribution in [0.25, 0.3) is 0 Å². The van der Waals surface area contributed by atoms with Crippen LogP contribution in [0.3, 0.4) is 0 Å². The minimum absolute atomic E-state index is 0.0744. The Labute approximate surface area is 89.8 Å². The van der Waals surface area contributed by atoms with Gasteiger partial charge in [-0.15, -0.1) is 0 Å². The standard InChI is InChI=1S/C9H9BrN2O2/c1-14-9(13)6-3-8-5(2-7(6)10)4-11-12-8/h2-5,8,12H,1H3. The van der Waals surface area contributed by atoms with E-state index in [1.165, 1.54) is 7.11 Å². The molecule has 2 aliphatic rings. The molecule has 4 nitrogen and oxygen atoms in total. The van der Waals surface area contributed by atoms with Crippen molar-refractivity contribution in [2.45, 2.75) is 6.04 Å². The van der Waals surface area contributed by atoms with Crippen LogP contribution in [0.5, 0.6) is 0 Å². The zero-order valence-electron chi connectivity index (χ0n) is 7.53. The highest BCUT2D eigenvalue weighted by Crippen LogP contribution is 2.29. The van der Waals surface area contributed by atoms with E-state index in [0.29, 0.717) is 5.57 Å². The van der Waals surface area contributed by atoms with E-state index in [4.69, 9.17) is 0 Å². The third kappa shape index (κ3) is 1.48. The van der Waals surface area contributed by atoms with Gasteiger partial charge in [0.15, 0.2) is 0 Å². The number of rotatable bonds is 1. The summed E-state index contributed by atoms with van der Waals surface area (Å²) in [6.45, 7) is 0. The minimum atomic E-state index is -0.333. The quantitative estimate of drug-likeness (QED) is 0.711. The zero-order chi connectivity index (χ0) is 10.1. The fourth-order valence-corrected chi connectivity index (χ4v) is 2.08. The van der Waals surface area contributed by atoms with Gasteiger partial charge in [0.05, 0.1) is 18.7 Å². The molecule has 1 aliphatic heterocycles. The number of hydrogen-bond donors (Lipinski definition) is 1. The van der Waals surface area contributed by atoms with Crippen LogP contribution in [-0.2, 0) is 9.53 Å². The van der Waals surface area contributed by atoms with Crippen molar-refractivity contribution in [3.05, 3.63) is 22.2 Å². The number of fused-ring (bicyclic) bond motifs is 1. The van der Waals surface area contributed by atoms with Crippen molar-refractivity contribution in [1.82, 2.24) is 5.43 Å². The lowest BCUT2D eigenvalue weighted by Crippen LogP contribution is -2.28. The summed E-state index contributed by atoms with van der Waals surface area (Å²) in [6, 6.07) is 0.0744. The average molecular weight is 257 g/mol. The summed E-state index contributed by atoms with van der Waals surface area (Å²) in [5, 5.41) is 3.94. The van der Waals surface area contributed by atoms with Gasteiger partial charge in [0.2, 0.25) is 0 Å². The second-order valence-corrected chi connectivity index (χ2v) is 3.95. The smallest absolute Gasteiger partial charge is 0.338 e. The van der Waals surface area contributed by atoms with Crippen molar-refractivity contribution in [3.8, 4) is 0 Å². The summed E-state index contributed by atoms with van der Waals surface area (Å²) in [7, 11) is 1.37. The Balaban J connectivity index is 2.27. The van der Waals surface area contributed by atoms with E-state index in [0.717, 1.165) is 4.48 Å². The lowest BCUT2D eigenvalue weighted by Gasteiger charge is -2.18. The van der Waals surface area contributed by atoms with Crippen LogP contribution in [-0.4, -0.2) is 25.3 Å². The Morgan fingerprint density at radius 1 is 1.64 bits per heavy atom. The van der Waals surface area contributed by atoms with Gasteiger partial charge in [-0.1, -0.05) is 22.0 Å². The SMILES string of the molecule is COC(=O)C1=CC2NN=CC2C=C1Br. The molecular formula is C9H9BrN2O2. The number of hydrazone groups is 1. The van der Waals surface area contributed by atoms with Crippen molar-refractivity contribution in [1.29, 1.82) is 0 Å². The fraction of sp³-hybridized carbons (Fsp3) is 0.333. The molecule has 0 fully saturated rings. The van der Waals surface area contributed by atoms with Gasteiger partial charge in [0.25, 0.3) is 0 Å². The Kier molecular flexibility index (Phi) is 2.41. The van der Waals surface area contributed by atoms with Crippen molar-refractivity contribution >= 4 is 28.1 Å². The van der Waals surface area contributed by atoms with E-state index in [9.17, 15) is 4.79 Å². The molecule has 0 spiro atoms. The van der Waals surface area contributed by atoms with Gasteiger partial charge < -0.3 is 10.2 Å². The van der Waals surface area contributed by atoms with E-state index in [-0.39, 0.29) is 17.9 Å². The Bertz CT molecular complexity index is 360. The summed E-state index contributed by atoms with van der Waals surface area (Å²) in [5.41, 5.74) is 3.46. The fourth-order valence-electron chi connectivity index (χ4n) is 1.48. The number of esters is 1. The average Bonchev–Trinajstić information content (AvgIpc) is 2.62. The third-order valence-corrected chi connectivity index (χ3v) is 2.92. The van der Waals surface area contributed by atoms with E-state index >= 15 is 0 Å². The topological polar surface area (TPSA) is 50.7 Å². The zero-order valence-corrected chi connectivity index (χ0v) is 9.11. The van der Waals surface area contributed by atoms with Crippen LogP contribution in [0.4, 0.5) is 0 Å². The predicted molar refractivity (Wildman–Crippen MR) is 56.0 cm³/mol. The first kappa shape index (κ1) is 9.45. The van der Waals surface area contributed by atoms with Crippen LogP contribution in [0, 0.1) is 5.92 Å². The highest BCUT2D eigenvalue weighted by molar-refractivity contribution is 9.12. The number of carbonyl (C=O) groups excluding carboxylic acids is 1. The van der Waals surface area contributed by atoms with Crippen LogP contribution >= 0.6 is 15.9 Å². The van der Waals surface area contributed by atoms with Crippen molar-refractivity contribution in [2.24, 2.45) is 11.0 Å². The summed E-state index contributed by atoms with van der Waals surface area (Å²) in [6.07, 6.45) is 5.59. The number of hydrogen-bond acceptors (Lipinski definition) is 4. The molecule has 2 rings (SSSR count). The van der Waals surface area contributed by atoms with Gasteiger partial charge >= 0.3 is 5.97 Å². The lowest BCUT2D eigenvalue weighted by atomic mass is 9.94. The second kappa shape index (κ2) is 3.57. The predicted octanol–water partition coefficient (Wildman–Crippen LogP) is 0.952. The van der Waals surface area contributed by atoms with Gasteiger partial charge in [-0.2, -0.15) is 5.10 Å². The second-order valence-electron chi connectivity index (χ2n) is 3.10. The van der Waals surface area contributed by atoms with E-state index in [1.54, 1.807) is 0 Å². The molecule has 0 aromatic rings. The van der Waals surface area contributed by atoms with Gasteiger partial charge in [0.1, 0.15) is 0 Å². The number of nitrogens with zero attached hydrogens (tertiary/aromatic N) is 1. The third-order valence-electron chi connectivity index (χ3n) is 2.23. The molecule has 74 valence electrons. The monoisotopic (exact) mass is 256 g/mol. The van der Waals surface area contributed by atoms with Crippen LogP contribution in [0.2, 0.25) is 0 Å². The van der Waals surface area contributed by atoms with E-state index in [1.807, 2.05) is 18.4 Å². The maximum absolute atomic E-state index is 11.3. The van der Waals surface area contributed by atoms with Crippen molar-refractivity contribution < 1.29 is 9.53 Å². The van der Waals surface area contributed by atoms with Gasteiger partial charge in [-0.3, -0.25) is 0 Å². The lowest BCUT2D eigenvalue weighted by molar-refractivity contribution is -0.135. The first-order valence-corrected chi connectivity index (χ1v) is 4.98. The number of methoxy groups -OCH3 is 1. The Morgan fingerprint density at radius 3 is 3.14 bits per heavy atom. The molecule has 2 atom stereocenters. The Hall–Kier alpha value is -1.10. The molecule has 2 unspecified atom stereocenters. The number of halogens is 1. The number of nitrogens with one attached hydrogen (secondary N) is 1. The maximum atomic E-state index is 11.3. The molecular weight excluding hydrogens is 248 g/mol. The van der Waals surface area contributed by atoms with Gasteiger partial charge in [-0.05, 0) is 6.08 Å². The summed E-state index contributed by atoms with van der Waals surface area (Å²) in [4.78, 5) is 11.3. The van der Waals surface area contributed by atoms with Crippen LogP contribution in [0.1, 0.15) is 0 Å². The highest BCUT2D eigenvalue weighted by Gasteiger charge is 2.28. The number of carbonyl (C=O) groups is 1. The molecule has 14 heavy (non-hydrogen) atoms. The summed E-state index contributed by atoms with van der Waals surface area (Å²) in [5.74, 6) is -0.113. The van der Waals surface area contributed by atoms with Gasteiger partial charge in [0, 0.05) is 16.6 Å². The van der Waals surface area contributed by atoms with Gasteiger partial charge in [-0.25, -0.2) is 4.79 Å². The summed E-state index contributed by atoms with van der Waals surface area (Å²) < 4.78 is 5.43. The highest BCUT2D eigenvalue weighted by atomic mass is 79.9. The maximum Gasteiger partial charge on any atom is 0.338 e. The molecule has 1 aliphatic carbocycles.